The molecule has 1 aliphatic carbocycles. The first kappa shape index (κ1) is 9.93. The lowest BCUT2D eigenvalue weighted by molar-refractivity contribution is -0.142. The standard InChI is InChI=1S/C10H18N2O2/c11-14-9-5-2-6-12(7-9)10(13)8-3-1-4-8/h8-9H,1-7,11H2. The van der Waals surface area contributed by atoms with Gasteiger partial charge in [-0.05, 0) is 25.7 Å². The maximum absolute atomic E-state index is 11.9. The van der Waals surface area contributed by atoms with Crippen molar-refractivity contribution in [3.05, 3.63) is 0 Å². The monoisotopic (exact) mass is 198 g/mol. The van der Waals surface area contributed by atoms with Gasteiger partial charge in [-0.3, -0.25) is 9.63 Å². The molecule has 2 N–H and O–H groups in total. The van der Waals surface area contributed by atoms with E-state index in [4.69, 9.17) is 10.7 Å². The van der Waals surface area contributed by atoms with Gasteiger partial charge in [0.1, 0.15) is 0 Å². The fourth-order valence-electron chi connectivity index (χ4n) is 2.16. The molecular formula is C10H18N2O2. The highest BCUT2D eigenvalue weighted by molar-refractivity contribution is 5.79. The number of rotatable bonds is 2. The number of hydrogen-bond acceptors (Lipinski definition) is 3. The second kappa shape index (κ2) is 4.28. The molecule has 0 aromatic rings. The van der Waals surface area contributed by atoms with Gasteiger partial charge < -0.3 is 4.90 Å². The van der Waals surface area contributed by atoms with Gasteiger partial charge >= 0.3 is 0 Å². The Labute approximate surface area is 84.3 Å². The second-order valence-electron chi connectivity index (χ2n) is 4.31. The summed E-state index contributed by atoms with van der Waals surface area (Å²) >= 11 is 0. The molecule has 2 rings (SSSR count). The summed E-state index contributed by atoms with van der Waals surface area (Å²) in [7, 11) is 0. The number of carbonyl (C=O) groups is 1. The molecular weight excluding hydrogens is 180 g/mol. The van der Waals surface area contributed by atoms with Crippen LogP contribution in [0.15, 0.2) is 0 Å². The smallest absolute Gasteiger partial charge is 0.225 e. The van der Waals surface area contributed by atoms with E-state index in [-0.39, 0.29) is 6.10 Å². The van der Waals surface area contributed by atoms with Crippen molar-refractivity contribution < 1.29 is 9.63 Å². The second-order valence-corrected chi connectivity index (χ2v) is 4.31. The van der Waals surface area contributed by atoms with Gasteiger partial charge in [-0.1, -0.05) is 6.42 Å². The van der Waals surface area contributed by atoms with Crippen LogP contribution in [0.3, 0.4) is 0 Å². The fourth-order valence-corrected chi connectivity index (χ4v) is 2.16. The van der Waals surface area contributed by atoms with Crippen molar-refractivity contribution in [3.63, 3.8) is 0 Å². The van der Waals surface area contributed by atoms with Gasteiger partial charge in [0.25, 0.3) is 0 Å². The Morgan fingerprint density at radius 1 is 1.29 bits per heavy atom. The van der Waals surface area contributed by atoms with E-state index in [0.29, 0.717) is 18.4 Å². The molecule has 0 bridgehead atoms. The number of likely N-dealkylation sites (tertiary alicyclic amines) is 1. The van der Waals surface area contributed by atoms with Crippen molar-refractivity contribution in [2.75, 3.05) is 13.1 Å². The van der Waals surface area contributed by atoms with Crippen molar-refractivity contribution in [3.8, 4) is 0 Å². The first-order chi connectivity index (χ1) is 6.81. The van der Waals surface area contributed by atoms with Crippen molar-refractivity contribution >= 4 is 5.91 Å². The minimum atomic E-state index is 0.0489. The van der Waals surface area contributed by atoms with E-state index in [1.54, 1.807) is 0 Å². The molecule has 1 aliphatic heterocycles. The molecule has 1 amide bonds. The number of carbonyl (C=O) groups excluding carboxylic acids is 1. The van der Waals surface area contributed by atoms with Crippen LogP contribution in [0.4, 0.5) is 0 Å². The average Bonchev–Trinajstić information content (AvgIpc) is 2.15. The topological polar surface area (TPSA) is 55.6 Å². The Kier molecular flexibility index (Phi) is 3.03. The molecule has 1 heterocycles. The summed E-state index contributed by atoms with van der Waals surface area (Å²) in [6, 6.07) is 0. The molecule has 0 aromatic carbocycles. The maximum atomic E-state index is 11.9. The minimum Gasteiger partial charge on any atom is -0.340 e. The van der Waals surface area contributed by atoms with Crippen LogP contribution in [-0.2, 0) is 9.63 Å². The predicted molar refractivity (Wildman–Crippen MR) is 52.2 cm³/mol. The zero-order valence-electron chi connectivity index (χ0n) is 8.45. The van der Waals surface area contributed by atoms with E-state index in [1.807, 2.05) is 4.90 Å². The predicted octanol–water partition coefficient (Wildman–Crippen LogP) is 0.668. The Bertz CT molecular complexity index is 216. The quantitative estimate of drug-likeness (QED) is 0.663. The summed E-state index contributed by atoms with van der Waals surface area (Å²) in [5, 5.41) is 0. The maximum Gasteiger partial charge on any atom is 0.225 e. The van der Waals surface area contributed by atoms with Crippen molar-refractivity contribution in [2.24, 2.45) is 11.8 Å². The van der Waals surface area contributed by atoms with Crippen LogP contribution in [0, 0.1) is 5.92 Å². The van der Waals surface area contributed by atoms with E-state index in [2.05, 4.69) is 0 Å². The molecule has 1 saturated heterocycles. The SMILES string of the molecule is NOC1CCCN(C(=O)C2CCC2)C1. The summed E-state index contributed by atoms with van der Waals surface area (Å²) in [6.07, 6.45) is 5.40. The van der Waals surface area contributed by atoms with Crippen molar-refractivity contribution in [1.82, 2.24) is 4.90 Å². The van der Waals surface area contributed by atoms with Gasteiger partial charge in [0.15, 0.2) is 0 Å². The zero-order valence-corrected chi connectivity index (χ0v) is 8.45. The Morgan fingerprint density at radius 2 is 2.07 bits per heavy atom. The Balaban J connectivity index is 1.86. The molecule has 1 atom stereocenters. The third-order valence-electron chi connectivity index (χ3n) is 3.34. The van der Waals surface area contributed by atoms with Crippen molar-refractivity contribution in [1.29, 1.82) is 0 Å². The number of nitrogens with two attached hydrogens (primary N) is 1. The number of nitrogens with zero attached hydrogens (tertiary/aromatic N) is 1. The first-order valence-corrected chi connectivity index (χ1v) is 5.45. The number of amides is 1. The number of piperidine rings is 1. The number of hydrogen-bond donors (Lipinski definition) is 1. The van der Waals surface area contributed by atoms with Crippen LogP contribution < -0.4 is 5.90 Å². The van der Waals surface area contributed by atoms with E-state index < -0.39 is 0 Å². The summed E-state index contributed by atoms with van der Waals surface area (Å²) in [5.74, 6) is 5.77. The summed E-state index contributed by atoms with van der Waals surface area (Å²) in [6.45, 7) is 1.57. The summed E-state index contributed by atoms with van der Waals surface area (Å²) in [5.41, 5.74) is 0. The highest BCUT2D eigenvalue weighted by atomic mass is 16.6. The van der Waals surface area contributed by atoms with Crippen LogP contribution in [0.25, 0.3) is 0 Å². The third kappa shape index (κ3) is 1.91. The normalized spacial score (nSPS) is 28.6. The first-order valence-electron chi connectivity index (χ1n) is 5.45. The lowest BCUT2D eigenvalue weighted by Crippen LogP contribution is -2.47. The molecule has 1 saturated carbocycles. The highest BCUT2D eigenvalue weighted by Gasteiger charge is 2.32. The summed E-state index contributed by atoms with van der Waals surface area (Å²) in [4.78, 5) is 18.6. The molecule has 14 heavy (non-hydrogen) atoms. The van der Waals surface area contributed by atoms with E-state index in [9.17, 15) is 4.79 Å². The molecule has 0 spiro atoms. The molecule has 1 unspecified atom stereocenters. The van der Waals surface area contributed by atoms with Gasteiger partial charge in [-0.2, -0.15) is 0 Å². The molecule has 80 valence electrons. The molecule has 0 aromatic heterocycles. The van der Waals surface area contributed by atoms with Crippen LogP contribution in [0.2, 0.25) is 0 Å². The van der Waals surface area contributed by atoms with Gasteiger partial charge in [0.2, 0.25) is 5.91 Å². The van der Waals surface area contributed by atoms with E-state index in [1.165, 1.54) is 6.42 Å². The van der Waals surface area contributed by atoms with E-state index >= 15 is 0 Å². The molecule has 2 aliphatic rings. The van der Waals surface area contributed by atoms with Crippen LogP contribution in [0.1, 0.15) is 32.1 Å². The van der Waals surface area contributed by atoms with Gasteiger partial charge in [-0.15, -0.1) is 0 Å². The Hall–Kier alpha value is -0.610. The van der Waals surface area contributed by atoms with Crippen molar-refractivity contribution in [2.45, 2.75) is 38.2 Å². The lowest BCUT2D eigenvalue weighted by atomic mass is 9.84. The molecule has 0 radical (unpaired) electrons. The largest absolute Gasteiger partial charge is 0.340 e. The van der Waals surface area contributed by atoms with Crippen LogP contribution in [0.5, 0.6) is 0 Å². The van der Waals surface area contributed by atoms with Gasteiger partial charge in [0.05, 0.1) is 6.10 Å². The average molecular weight is 198 g/mol. The van der Waals surface area contributed by atoms with Crippen LogP contribution in [-0.4, -0.2) is 30.0 Å². The minimum absolute atomic E-state index is 0.0489. The highest BCUT2D eigenvalue weighted by Crippen LogP contribution is 2.29. The Morgan fingerprint density at radius 3 is 2.64 bits per heavy atom. The van der Waals surface area contributed by atoms with Gasteiger partial charge in [0, 0.05) is 19.0 Å². The third-order valence-corrected chi connectivity index (χ3v) is 3.34. The molecule has 4 heteroatoms. The lowest BCUT2D eigenvalue weighted by Gasteiger charge is -2.36. The van der Waals surface area contributed by atoms with Gasteiger partial charge in [-0.25, -0.2) is 5.90 Å². The zero-order chi connectivity index (χ0) is 9.97. The van der Waals surface area contributed by atoms with Crippen LogP contribution >= 0.6 is 0 Å². The molecule has 2 fully saturated rings. The summed E-state index contributed by atoms with van der Waals surface area (Å²) < 4.78 is 0. The molecule has 4 nitrogen and oxygen atoms in total. The van der Waals surface area contributed by atoms with E-state index in [0.717, 1.165) is 32.2 Å². The fraction of sp³-hybridized carbons (Fsp3) is 0.900.